The van der Waals surface area contributed by atoms with Gasteiger partial charge in [0.2, 0.25) is 0 Å². The second-order valence-electron chi connectivity index (χ2n) is 7.40. The fourth-order valence-electron chi connectivity index (χ4n) is 2.98. The van der Waals surface area contributed by atoms with E-state index >= 15 is 0 Å². The van der Waals surface area contributed by atoms with Crippen molar-refractivity contribution in [3.05, 3.63) is 114 Å². The summed E-state index contributed by atoms with van der Waals surface area (Å²) in [7, 11) is 0. The molecule has 0 aliphatic carbocycles. The molecule has 1 nitrogen and oxygen atoms in total. The highest BCUT2D eigenvalue weighted by molar-refractivity contribution is 5.72. The van der Waals surface area contributed by atoms with Crippen LogP contribution in [-0.4, -0.2) is 6.61 Å². The molecule has 3 rings (SSSR count). The standard InChI is InChI=1S/C27H23F3O/c1-17(2)25(28)15-19(4)16-31-22-11-9-21(10-12-22)24-14-13-23(26(29)27(24)30)20-7-5-18(3)6-8-20/h5-15H,1,4,16H2,2-3H3/b25-15+. The minimum Gasteiger partial charge on any atom is -0.489 e. The van der Waals surface area contributed by atoms with Gasteiger partial charge in [-0.15, -0.1) is 0 Å². The zero-order valence-electron chi connectivity index (χ0n) is 17.5. The summed E-state index contributed by atoms with van der Waals surface area (Å²) in [6.45, 7) is 10.9. The fourth-order valence-corrected chi connectivity index (χ4v) is 2.98. The lowest BCUT2D eigenvalue weighted by atomic mass is 9.98. The Kier molecular flexibility index (Phi) is 6.81. The molecule has 0 saturated carbocycles. The largest absolute Gasteiger partial charge is 0.489 e. The Morgan fingerprint density at radius 1 is 0.839 bits per heavy atom. The summed E-state index contributed by atoms with van der Waals surface area (Å²) in [5, 5.41) is 0. The Labute approximate surface area is 180 Å². The lowest BCUT2D eigenvalue weighted by Crippen LogP contribution is -1.99. The van der Waals surface area contributed by atoms with Crippen LogP contribution in [0.4, 0.5) is 13.2 Å². The Morgan fingerprint density at radius 2 is 1.32 bits per heavy atom. The van der Waals surface area contributed by atoms with E-state index in [0.717, 1.165) is 5.56 Å². The predicted octanol–water partition coefficient (Wildman–Crippen LogP) is 7.97. The zero-order valence-corrected chi connectivity index (χ0v) is 17.5. The molecule has 3 aromatic rings. The average molecular weight is 420 g/mol. The van der Waals surface area contributed by atoms with Crippen LogP contribution in [0, 0.1) is 18.6 Å². The Morgan fingerprint density at radius 3 is 1.81 bits per heavy atom. The molecule has 31 heavy (non-hydrogen) atoms. The lowest BCUT2D eigenvalue weighted by Gasteiger charge is -2.11. The number of halogens is 3. The summed E-state index contributed by atoms with van der Waals surface area (Å²) in [5.41, 5.74) is 3.33. The second-order valence-corrected chi connectivity index (χ2v) is 7.40. The number of rotatable bonds is 7. The number of benzene rings is 3. The summed E-state index contributed by atoms with van der Waals surface area (Å²) in [4.78, 5) is 0. The molecule has 0 aliphatic heterocycles. The van der Waals surface area contributed by atoms with Gasteiger partial charge in [0, 0.05) is 11.1 Å². The number of ether oxygens (including phenoxy) is 1. The van der Waals surface area contributed by atoms with Gasteiger partial charge < -0.3 is 4.74 Å². The molecule has 0 bridgehead atoms. The average Bonchev–Trinajstić information content (AvgIpc) is 2.75. The van der Waals surface area contributed by atoms with Gasteiger partial charge in [-0.05, 0) is 54.3 Å². The number of allylic oxidation sites excluding steroid dienone is 2. The first-order valence-electron chi connectivity index (χ1n) is 9.75. The third-order valence-electron chi connectivity index (χ3n) is 4.77. The van der Waals surface area contributed by atoms with Crippen molar-refractivity contribution in [2.45, 2.75) is 13.8 Å². The van der Waals surface area contributed by atoms with Crippen molar-refractivity contribution >= 4 is 0 Å². The van der Waals surface area contributed by atoms with E-state index in [2.05, 4.69) is 13.2 Å². The molecule has 0 fully saturated rings. The Balaban J connectivity index is 1.76. The first-order chi connectivity index (χ1) is 14.8. The van der Waals surface area contributed by atoms with Crippen LogP contribution in [0.2, 0.25) is 0 Å². The van der Waals surface area contributed by atoms with Gasteiger partial charge in [-0.2, -0.15) is 0 Å². The highest BCUT2D eigenvalue weighted by atomic mass is 19.2. The van der Waals surface area contributed by atoms with Crippen LogP contribution in [-0.2, 0) is 0 Å². The van der Waals surface area contributed by atoms with Gasteiger partial charge in [0.1, 0.15) is 18.2 Å². The van der Waals surface area contributed by atoms with E-state index in [4.69, 9.17) is 4.74 Å². The smallest absolute Gasteiger partial charge is 0.167 e. The van der Waals surface area contributed by atoms with Gasteiger partial charge in [0.15, 0.2) is 11.6 Å². The second kappa shape index (κ2) is 9.52. The van der Waals surface area contributed by atoms with Crippen LogP contribution in [0.1, 0.15) is 12.5 Å². The minimum atomic E-state index is -0.902. The molecule has 158 valence electrons. The maximum absolute atomic E-state index is 14.8. The van der Waals surface area contributed by atoms with Crippen molar-refractivity contribution in [3.63, 3.8) is 0 Å². The highest BCUT2D eigenvalue weighted by Crippen LogP contribution is 2.32. The Bertz CT molecular complexity index is 1140. The van der Waals surface area contributed by atoms with Gasteiger partial charge in [0.05, 0.1) is 0 Å². The minimum absolute atomic E-state index is 0.0916. The van der Waals surface area contributed by atoms with E-state index in [-0.39, 0.29) is 17.7 Å². The predicted molar refractivity (Wildman–Crippen MR) is 121 cm³/mol. The fraction of sp³-hybridized carbons (Fsp3) is 0.111. The third-order valence-corrected chi connectivity index (χ3v) is 4.77. The summed E-state index contributed by atoms with van der Waals surface area (Å²) < 4.78 is 48.6. The molecule has 0 unspecified atom stereocenters. The van der Waals surface area contributed by atoms with E-state index < -0.39 is 17.5 Å². The maximum Gasteiger partial charge on any atom is 0.167 e. The van der Waals surface area contributed by atoms with Gasteiger partial charge in [-0.3, -0.25) is 0 Å². The quantitative estimate of drug-likeness (QED) is 0.352. The first kappa shape index (κ1) is 22.2. The summed E-state index contributed by atoms with van der Waals surface area (Å²) >= 11 is 0. The van der Waals surface area contributed by atoms with Crippen LogP contribution < -0.4 is 4.74 Å². The zero-order chi connectivity index (χ0) is 22.5. The van der Waals surface area contributed by atoms with Crippen LogP contribution in [0.5, 0.6) is 5.75 Å². The maximum atomic E-state index is 14.8. The molecule has 0 N–H and O–H groups in total. The molecule has 0 spiro atoms. The summed E-state index contributed by atoms with van der Waals surface area (Å²) in [5.74, 6) is -1.73. The van der Waals surface area contributed by atoms with E-state index in [1.165, 1.54) is 6.08 Å². The first-order valence-corrected chi connectivity index (χ1v) is 9.75. The van der Waals surface area contributed by atoms with Gasteiger partial charge in [-0.1, -0.05) is 67.3 Å². The molecule has 0 aliphatic rings. The summed E-state index contributed by atoms with van der Waals surface area (Å²) in [6.07, 6.45) is 1.27. The van der Waals surface area contributed by atoms with Crippen molar-refractivity contribution in [2.24, 2.45) is 0 Å². The molecular formula is C27H23F3O. The van der Waals surface area contributed by atoms with Crippen molar-refractivity contribution in [1.82, 2.24) is 0 Å². The molecule has 0 amide bonds. The SMILES string of the molecule is C=C(/C=C(/F)C(=C)C)COc1ccc(-c2ccc(-c3ccc(C)cc3)c(F)c2F)cc1. The van der Waals surface area contributed by atoms with Crippen LogP contribution in [0.15, 0.2) is 96.9 Å². The van der Waals surface area contributed by atoms with Crippen LogP contribution in [0.3, 0.4) is 0 Å². The summed E-state index contributed by atoms with van der Waals surface area (Å²) in [6, 6.07) is 17.0. The van der Waals surface area contributed by atoms with Crippen LogP contribution in [0.25, 0.3) is 22.3 Å². The highest BCUT2D eigenvalue weighted by Gasteiger charge is 2.16. The van der Waals surface area contributed by atoms with E-state index in [1.54, 1.807) is 55.5 Å². The molecule has 3 aromatic carbocycles. The van der Waals surface area contributed by atoms with Crippen LogP contribution >= 0.6 is 0 Å². The molecular weight excluding hydrogens is 397 g/mol. The molecule has 0 aromatic heterocycles. The lowest BCUT2D eigenvalue weighted by molar-refractivity contribution is 0.355. The van der Waals surface area contributed by atoms with Gasteiger partial charge in [-0.25, -0.2) is 13.2 Å². The number of aryl methyl sites for hydroxylation is 1. The van der Waals surface area contributed by atoms with Crippen molar-refractivity contribution in [1.29, 1.82) is 0 Å². The van der Waals surface area contributed by atoms with Crippen molar-refractivity contribution < 1.29 is 17.9 Å². The normalized spacial score (nSPS) is 11.3. The molecule has 0 atom stereocenters. The van der Waals surface area contributed by atoms with E-state index in [0.29, 0.717) is 28.0 Å². The molecule has 4 heteroatoms. The van der Waals surface area contributed by atoms with Gasteiger partial charge in [0.25, 0.3) is 0 Å². The number of hydrogen-bond donors (Lipinski definition) is 0. The monoisotopic (exact) mass is 420 g/mol. The Hall–Kier alpha value is -3.53. The molecule has 0 heterocycles. The third kappa shape index (κ3) is 5.34. The van der Waals surface area contributed by atoms with E-state index in [9.17, 15) is 13.2 Å². The number of hydrogen-bond acceptors (Lipinski definition) is 1. The van der Waals surface area contributed by atoms with Gasteiger partial charge >= 0.3 is 0 Å². The molecule has 0 saturated heterocycles. The van der Waals surface area contributed by atoms with Crippen molar-refractivity contribution in [3.8, 4) is 28.0 Å². The topological polar surface area (TPSA) is 9.23 Å². The van der Waals surface area contributed by atoms with E-state index in [1.807, 2.05) is 19.1 Å². The molecule has 0 radical (unpaired) electrons. The van der Waals surface area contributed by atoms with Crippen molar-refractivity contribution in [2.75, 3.05) is 6.61 Å².